The third kappa shape index (κ3) is 2.52. The maximum absolute atomic E-state index is 10.7. The molecule has 1 rings (SSSR count). The summed E-state index contributed by atoms with van der Waals surface area (Å²) in [6, 6.07) is 0. The topological polar surface area (TPSA) is 43.1 Å². The fraction of sp³-hybridized carbons (Fsp3) is 0.889. The Bertz CT molecular complexity index is 126. The second kappa shape index (κ2) is 4.37. The van der Waals surface area contributed by atoms with Crippen molar-refractivity contribution in [2.24, 2.45) is 11.1 Å². The summed E-state index contributed by atoms with van der Waals surface area (Å²) in [6.45, 7) is 5.96. The molecule has 0 unspecified atom stereocenters. The summed E-state index contributed by atoms with van der Waals surface area (Å²) in [5, 5.41) is 0. The van der Waals surface area contributed by atoms with Crippen molar-refractivity contribution in [1.29, 1.82) is 0 Å². The first-order valence-electron chi connectivity index (χ1n) is 4.45. The average molecular weight is 157 g/mol. The summed E-state index contributed by atoms with van der Waals surface area (Å²) >= 11 is 0. The van der Waals surface area contributed by atoms with E-state index in [4.69, 9.17) is 5.73 Å². The van der Waals surface area contributed by atoms with E-state index in [1.54, 1.807) is 0 Å². The molecule has 1 aliphatic rings. The second-order valence-corrected chi connectivity index (χ2v) is 3.13. The lowest BCUT2D eigenvalue weighted by Crippen LogP contribution is -2.31. The molecule has 1 aliphatic carbocycles. The van der Waals surface area contributed by atoms with Crippen LogP contribution in [0.5, 0.6) is 0 Å². The summed E-state index contributed by atoms with van der Waals surface area (Å²) in [4.78, 5) is 10.7. The molecule has 0 radical (unpaired) electrons. The van der Waals surface area contributed by atoms with Crippen molar-refractivity contribution in [2.45, 2.75) is 46.5 Å². The summed E-state index contributed by atoms with van der Waals surface area (Å²) in [5.74, 6) is -0.125. The van der Waals surface area contributed by atoms with Crippen LogP contribution < -0.4 is 5.73 Å². The predicted molar refractivity (Wildman–Crippen MR) is 47.1 cm³/mol. The van der Waals surface area contributed by atoms with E-state index in [0.29, 0.717) is 0 Å². The third-order valence-electron chi connectivity index (χ3n) is 2.30. The Labute approximate surface area is 69.2 Å². The molecule has 0 saturated heterocycles. The summed E-state index contributed by atoms with van der Waals surface area (Å²) < 4.78 is 0. The average Bonchev–Trinajstić information content (AvgIpc) is 2.42. The number of carbonyl (C=O) groups is 1. The number of primary amides is 1. The van der Waals surface area contributed by atoms with Gasteiger partial charge in [-0.2, -0.15) is 0 Å². The molecule has 0 bridgehead atoms. The van der Waals surface area contributed by atoms with E-state index >= 15 is 0 Å². The van der Waals surface area contributed by atoms with Gasteiger partial charge in [0.15, 0.2) is 0 Å². The predicted octanol–water partition coefficient (Wildman–Crippen LogP) is 2.08. The zero-order valence-electron chi connectivity index (χ0n) is 7.81. The molecule has 2 N–H and O–H groups in total. The van der Waals surface area contributed by atoms with Crippen LogP contribution in [0.25, 0.3) is 0 Å². The Balaban J connectivity index is 0.000000461. The van der Waals surface area contributed by atoms with Crippen LogP contribution in [0.1, 0.15) is 46.5 Å². The van der Waals surface area contributed by atoms with Crippen molar-refractivity contribution in [3.8, 4) is 0 Å². The third-order valence-corrected chi connectivity index (χ3v) is 2.30. The van der Waals surface area contributed by atoms with E-state index in [1.807, 2.05) is 20.8 Å². The molecule has 1 amide bonds. The zero-order valence-corrected chi connectivity index (χ0v) is 7.81. The maximum Gasteiger partial charge on any atom is 0.223 e. The van der Waals surface area contributed by atoms with Crippen molar-refractivity contribution < 1.29 is 4.79 Å². The van der Waals surface area contributed by atoms with Crippen molar-refractivity contribution in [3.63, 3.8) is 0 Å². The SMILES string of the molecule is CC.CC1(C(N)=O)CCCC1. The Morgan fingerprint density at radius 1 is 1.27 bits per heavy atom. The molecule has 11 heavy (non-hydrogen) atoms. The van der Waals surface area contributed by atoms with Gasteiger partial charge in [-0.25, -0.2) is 0 Å². The van der Waals surface area contributed by atoms with Crippen LogP contribution in [-0.4, -0.2) is 5.91 Å². The lowest BCUT2D eigenvalue weighted by atomic mass is 9.88. The van der Waals surface area contributed by atoms with Crippen LogP contribution >= 0.6 is 0 Å². The van der Waals surface area contributed by atoms with E-state index in [1.165, 1.54) is 12.8 Å². The van der Waals surface area contributed by atoms with Gasteiger partial charge in [0.2, 0.25) is 5.91 Å². The molecule has 0 atom stereocenters. The Morgan fingerprint density at radius 3 is 1.82 bits per heavy atom. The molecule has 0 spiro atoms. The van der Waals surface area contributed by atoms with Crippen LogP contribution in [-0.2, 0) is 4.79 Å². The van der Waals surface area contributed by atoms with Crippen molar-refractivity contribution in [2.75, 3.05) is 0 Å². The first-order valence-corrected chi connectivity index (χ1v) is 4.45. The van der Waals surface area contributed by atoms with Gasteiger partial charge in [-0.05, 0) is 12.8 Å². The lowest BCUT2D eigenvalue weighted by Gasteiger charge is -2.17. The molecule has 0 aliphatic heterocycles. The molecular weight excluding hydrogens is 138 g/mol. The standard InChI is InChI=1S/C7H13NO.C2H6/c1-7(6(8)9)4-2-3-5-7;1-2/h2-5H2,1H3,(H2,8,9);1-2H3. The van der Waals surface area contributed by atoms with E-state index in [-0.39, 0.29) is 11.3 Å². The number of hydrogen-bond acceptors (Lipinski definition) is 1. The Morgan fingerprint density at radius 2 is 1.64 bits per heavy atom. The molecule has 66 valence electrons. The summed E-state index contributed by atoms with van der Waals surface area (Å²) in [7, 11) is 0. The molecule has 0 heterocycles. The van der Waals surface area contributed by atoms with E-state index in [2.05, 4.69) is 0 Å². The molecular formula is C9H19NO. The molecule has 1 fully saturated rings. The number of carbonyl (C=O) groups excluding carboxylic acids is 1. The molecule has 2 heteroatoms. The van der Waals surface area contributed by atoms with Gasteiger partial charge in [-0.1, -0.05) is 33.6 Å². The van der Waals surface area contributed by atoms with Crippen LogP contribution in [0.4, 0.5) is 0 Å². The van der Waals surface area contributed by atoms with Gasteiger partial charge in [0, 0.05) is 5.41 Å². The van der Waals surface area contributed by atoms with Gasteiger partial charge in [0.25, 0.3) is 0 Å². The second-order valence-electron chi connectivity index (χ2n) is 3.13. The van der Waals surface area contributed by atoms with E-state index < -0.39 is 0 Å². The van der Waals surface area contributed by atoms with Crippen molar-refractivity contribution >= 4 is 5.91 Å². The number of amides is 1. The minimum Gasteiger partial charge on any atom is -0.369 e. The first kappa shape index (κ1) is 10.5. The Kier molecular flexibility index (Phi) is 4.16. The number of hydrogen-bond donors (Lipinski definition) is 1. The Hall–Kier alpha value is -0.530. The molecule has 2 nitrogen and oxygen atoms in total. The van der Waals surface area contributed by atoms with Crippen LogP contribution in [0.2, 0.25) is 0 Å². The van der Waals surface area contributed by atoms with Gasteiger partial charge in [0.05, 0.1) is 0 Å². The minimum atomic E-state index is -0.167. The molecule has 0 aromatic heterocycles. The van der Waals surface area contributed by atoms with Gasteiger partial charge in [0.1, 0.15) is 0 Å². The molecule has 0 aromatic carbocycles. The normalized spacial score (nSPS) is 20.3. The van der Waals surface area contributed by atoms with Crippen molar-refractivity contribution in [3.05, 3.63) is 0 Å². The van der Waals surface area contributed by atoms with Crippen LogP contribution in [0.15, 0.2) is 0 Å². The quantitative estimate of drug-likeness (QED) is 0.622. The maximum atomic E-state index is 10.7. The van der Waals surface area contributed by atoms with E-state index in [0.717, 1.165) is 12.8 Å². The van der Waals surface area contributed by atoms with Crippen LogP contribution in [0.3, 0.4) is 0 Å². The van der Waals surface area contributed by atoms with Crippen molar-refractivity contribution in [1.82, 2.24) is 0 Å². The highest BCUT2D eigenvalue weighted by atomic mass is 16.1. The fourth-order valence-electron chi connectivity index (χ4n) is 1.40. The first-order chi connectivity index (χ1) is 5.15. The van der Waals surface area contributed by atoms with Gasteiger partial charge in [-0.3, -0.25) is 4.79 Å². The number of nitrogens with two attached hydrogens (primary N) is 1. The smallest absolute Gasteiger partial charge is 0.223 e. The van der Waals surface area contributed by atoms with Gasteiger partial charge < -0.3 is 5.73 Å². The summed E-state index contributed by atoms with van der Waals surface area (Å²) in [6.07, 6.45) is 4.31. The molecule has 1 saturated carbocycles. The van der Waals surface area contributed by atoms with Gasteiger partial charge in [-0.15, -0.1) is 0 Å². The fourth-order valence-corrected chi connectivity index (χ4v) is 1.40. The lowest BCUT2D eigenvalue weighted by molar-refractivity contribution is -0.126. The zero-order chi connectivity index (χ0) is 8.91. The largest absolute Gasteiger partial charge is 0.369 e. The highest BCUT2D eigenvalue weighted by Gasteiger charge is 2.33. The number of rotatable bonds is 1. The van der Waals surface area contributed by atoms with Gasteiger partial charge >= 0.3 is 0 Å². The van der Waals surface area contributed by atoms with Crippen LogP contribution in [0, 0.1) is 5.41 Å². The summed E-state index contributed by atoms with van der Waals surface area (Å²) in [5.41, 5.74) is 5.03. The highest BCUT2D eigenvalue weighted by Crippen LogP contribution is 2.36. The highest BCUT2D eigenvalue weighted by molar-refractivity contribution is 5.80. The monoisotopic (exact) mass is 157 g/mol. The minimum absolute atomic E-state index is 0.125. The molecule has 0 aromatic rings. The van der Waals surface area contributed by atoms with E-state index in [9.17, 15) is 4.79 Å².